The van der Waals surface area contributed by atoms with Gasteiger partial charge in [-0.2, -0.15) is 0 Å². The third kappa shape index (κ3) is 2.55. The zero-order valence-corrected chi connectivity index (χ0v) is 11.8. The summed E-state index contributed by atoms with van der Waals surface area (Å²) in [6.45, 7) is 7.04. The smallest absolute Gasteiger partial charge is 0.334 e. The van der Waals surface area contributed by atoms with Gasteiger partial charge in [-0.1, -0.05) is 13.8 Å². The van der Waals surface area contributed by atoms with Gasteiger partial charge in [0.1, 0.15) is 0 Å². The lowest BCUT2D eigenvalue weighted by Crippen LogP contribution is -2.28. The Bertz CT molecular complexity index is 346. The average Bonchev–Trinajstić information content (AvgIpc) is 2.88. The Morgan fingerprint density at radius 1 is 1.28 bits per heavy atom. The minimum absolute atomic E-state index is 0.280. The number of fused-ring (bicyclic) bond motifs is 2. The molecule has 2 rings (SSSR count). The zero-order chi connectivity index (χ0) is 13.3. The van der Waals surface area contributed by atoms with Gasteiger partial charge in [-0.25, -0.2) is 4.79 Å². The Balaban J connectivity index is 1.81. The standard InChI is InChI=1S/C15H24O3/c1-9(17-4)5-15(16)18-8-13-6-12-7-14(13)11(3)10(12)2/h5,10-14H,6-8H2,1-4H3. The Morgan fingerprint density at radius 3 is 2.56 bits per heavy atom. The number of hydrogen-bond acceptors (Lipinski definition) is 3. The number of hydrogen-bond donors (Lipinski definition) is 0. The van der Waals surface area contributed by atoms with E-state index in [1.807, 2.05) is 0 Å². The quantitative estimate of drug-likeness (QED) is 0.438. The second kappa shape index (κ2) is 5.33. The van der Waals surface area contributed by atoms with Crippen LogP contribution in [-0.2, 0) is 14.3 Å². The van der Waals surface area contributed by atoms with Crippen LogP contribution in [0.25, 0.3) is 0 Å². The van der Waals surface area contributed by atoms with E-state index in [0.29, 0.717) is 18.3 Å². The zero-order valence-electron chi connectivity index (χ0n) is 11.8. The maximum atomic E-state index is 11.5. The van der Waals surface area contributed by atoms with Crippen LogP contribution in [0.5, 0.6) is 0 Å². The number of methoxy groups -OCH3 is 1. The summed E-state index contributed by atoms with van der Waals surface area (Å²) < 4.78 is 10.3. The van der Waals surface area contributed by atoms with E-state index in [4.69, 9.17) is 9.47 Å². The molecule has 0 radical (unpaired) electrons. The normalized spacial score (nSPS) is 38.9. The van der Waals surface area contributed by atoms with Gasteiger partial charge in [-0.3, -0.25) is 0 Å². The van der Waals surface area contributed by atoms with Crippen LogP contribution >= 0.6 is 0 Å². The summed E-state index contributed by atoms with van der Waals surface area (Å²) >= 11 is 0. The first-order valence-electron chi connectivity index (χ1n) is 6.92. The Hall–Kier alpha value is -0.990. The van der Waals surface area contributed by atoms with Gasteiger partial charge in [-0.15, -0.1) is 0 Å². The number of ether oxygens (including phenoxy) is 2. The van der Waals surface area contributed by atoms with Crippen molar-refractivity contribution in [3.8, 4) is 0 Å². The Morgan fingerprint density at radius 2 is 2.00 bits per heavy atom. The summed E-state index contributed by atoms with van der Waals surface area (Å²) in [5.41, 5.74) is 0. The molecule has 0 amide bonds. The molecule has 2 fully saturated rings. The molecule has 2 bridgehead atoms. The monoisotopic (exact) mass is 252 g/mol. The van der Waals surface area contributed by atoms with Gasteiger partial charge in [0.05, 0.1) is 25.6 Å². The molecule has 0 heterocycles. The molecule has 5 atom stereocenters. The van der Waals surface area contributed by atoms with Crippen LogP contribution in [0.4, 0.5) is 0 Å². The van der Waals surface area contributed by atoms with E-state index in [2.05, 4.69) is 13.8 Å². The van der Waals surface area contributed by atoms with Gasteiger partial charge in [-0.05, 0) is 49.4 Å². The summed E-state index contributed by atoms with van der Waals surface area (Å²) in [6, 6.07) is 0. The molecule has 18 heavy (non-hydrogen) atoms. The van der Waals surface area contributed by atoms with E-state index in [9.17, 15) is 4.79 Å². The lowest BCUT2D eigenvalue weighted by Gasteiger charge is -2.31. The predicted octanol–water partition coefficient (Wildman–Crippen LogP) is 3.01. The minimum atomic E-state index is -0.280. The fourth-order valence-electron chi connectivity index (χ4n) is 3.74. The van der Waals surface area contributed by atoms with E-state index >= 15 is 0 Å². The first-order chi connectivity index (χ1) is 8.52. The van der Waals surface area contributed by atoms with Crippen LogP contribution in [0.2, 0.25) is 0 Å². The molecule has 102 valence electrons. The van der Waals surface area contributed by atoms with Crippen molar-refractivity contribution in [1.82, 2.24) is 0 Å². The number of allylic oxidation sites excluding steroid dienone is 1. The molecule has 0 aromatic carbocycles. The molecular formula is C15H24O3. The van der Waals surface area contributed by atoms with Crippen LogP contribution < -0.4 is 0 Å². The SMILES string of the molecule is COC(C)=CC(=O)OCC1CC2CC1C(C)C2C. The lowest BCUT2D eigenvalue weighted by atomic mass is 9.76. The van der Waals surface area contributed by atoms with E-state index in [0.717, 1.165) is 23.7 Å². The van der Waals surface area contributed by atoms with Crippen molar-refractivity contribution in [1.29, 1.82) is 0 Å². The highest BCUT2D eigenvalue weighted by Gasteiger charge is 2.48. The molecule has 0 aromatic heterocycles. The number of carbonyl (C=O) groups excluding carboxylic acids is 1. The van der Waals surface area contributed by atoms with Gasteiger partial charge in [0, 0.05) is 0 Å². The number of rotatable bonds is 4. The van der Waals surface area contributed by atoms with Crippen molar-refractivity contribution >= 4 is 5.97 Å². The largest absolute Gasteiger partial charge is 0.501 e. The van der Waals surface area contributed by atoms with Crippen LogP contribution in [0.15, 0.2) is 11.8 Å². The molecule has 0 aromatic rings. The van der Waals surface area contributed by atoms with E-state index in [-0.39, 0.29) is 5.97 Å². The fourth-order valence-corrected chi connectivity index (χ4v) is 3.74. The third-order valence-corrected chi connectivity index (χ3v) is 5.12. The third-order valence-electron chi connectivity index (χ3n) is 5.12. The maximum Gasteiger partial charge on any atom is 0.334 e. The molecule has 0 N–H and O–H groups in total. The highest BCUT2D eigenvalue weighted by atomic mass is 16.5. The minimum Gasteiger partial charge on any atom is -0.501 e. The Labute approximate surface area is 110 Å². The van der Waals surface area contributed by atoms with E-state index < -0.39 is 0 Å². The highest BCUT2D eigenvalue weighted by Crippen LogP contribution is 2.54. The molecule has 0 aliphatic heterocycles. The summed E-state index contributed by atoms with van der Waals surface area (Å²) in [4.78, 5) is 11.5. The van der Waals surface area contributed by atoms with Crippen LogP contribution in [0, 0.1) is 29.6 Å². The first kappa shape index (κ1) is 13.4. The average molecular weight is 252 g/mol. The molecule has 2 aliphatic carbocycles. The second-order valence-electron chi connectivity index (χ2n) is 5.96. The van der Waals surface area contributed by atoms with Gasteiger partial charge >= 0.3 is 5.97 Å². The van der Waals surface area contributed by atoms with Crippen molar-refractivity contribution in [2.24, 2.45) is 29.6 Å². The highest BCUT2D eigenvalue weighted by molar-refractivity contribution is 5.82. The summed E-state index contributed by atoms with van der Waals surface area (Å²) in [5.74, 6) is 4.12. The van der Waals surface area contributed by atoms with Crippen molar-refractivity contribution in [3.05, 3.63) is 11.8 Å². The van der Waals surface area contributed by atoms with Gasteiger partial charge in [0.25, 0.3) is 0 Å². The Kier molecular flexibility index (Phi) is 3.98. The van der Waals surface area contributed by atoms with Crippen LogP contribution in [0.1, 0.15) is 33.6 Å². The molecular weight excluding hydrogens is 228 g/mol. The molecule has 0 saturated heterocycles. The van der Waals surface area contributed by atoms with Crippen molar-refractivity contribution in [2.45, 2.75) is 33.6 Å². The summed E-state index contributed by atoms with van der Waals surface area (Å²) in [7, 11) is 1.55. The number of carbonyl (C=O) groups is 1. The fraction of sp³-hybridized carbons (Fsp3) is 0.800. The van der Waals surface area contributed by atoms with Gasteiger partial charge in [0.15, 0.2) is 0 Å². The van der Waals surface area contributed by atoms with E-state index in [1.165, 1.54) is 18.9 Å². The summed E-state index contributed by atoms with van der Waals surface area (Å²) in [5, 5.41) is 0. The number of esters is 1. The van der Waals surface area contributed by atoms with Crippen molar-refractivity contribution in [2.75, 3.05) is 13.7 Å². The van der Waals surface area contributed by atoms with Gasteiger partial charge < -0.3 is 9.47 Å². The second-order valence-corrected chi connectivity index (χ2v) is 5.96. The maximum absolute atomic E-state index is 11.5. The molecule has 0 spiro atoms. The molecule has 5 unspecified atom stereocenters. The topological polar surface area (TPSA) is 35.5 Å². The summed E-state index contributed by atoms with van der Waals surface area (Å²) in [6.07, 6.45) is 3.98. The van der Waals surface area contributed by atoms with Crippen molar-refractivity contribution < 1.29 is 14.3 Å². The van der Waals surface area contributed by atoms with E-state index in [1.54, 1.807) is 14.0 Å². The molecule has 2 saturated carbocycles. The lowest BCUT2D eigenvalue weighted by molar-refractivity contribution is -0.140. The van der Waals surface area contributed by atoms with Gasteiger partial charge in [0.2, 0.25) is 0 Å². The van der Waals surface area contributed by atoms with Crippen LogP contribution in [-0.4, -0.2) is 19.7 Å². The van der Waals surface area contributed by atoms with Crippen molar-refractivity contribution in [3.63, 3.8) is 0 Å². The first-order valence-corrected chi connectivity index (χ1v) is 6.92. The molecule has 3 heteroatoms. The molecule has 2 aliphatic rings. The molecule has 3 nitrogen and oxygen atoms in total. The van der Waals surface area contributed by atoms with Crippen LogP contribution in [0.3, 0.4) is 0 Å². The predicted molar refractivity (Wildman–Crippen MR) is 69.8 cm³/mol.